The van der Waals surface area contributed by atoms with Crippen LogP contribution in [0.5, 0.6) is 0 Å². The summed E-state index contributed by atoms with van der Waals surface area (Å²) < 4.78 is 1.50. The number of aliphatic imine (C=N–C) groups is 1. The second-order valence-corrected chi connectivity index (χ2v) is 11.8. The molecule has 208 valence electrons. The van der Waals surface area contributed by atoms with E-state index in [2.05, 4.69) is 34.8 Å². The van der Waals surface area contributed by atoms with Crippen molar-refractivity contribution in [2.75, 3.05) is 13.1 Å². The van der Waals surface area contributed by atoms with Gasteiger partial charge in [0.2, 0.25) is 23.3 Å². The van der Waals surface area contributed by atoms with Crippen LogP contribution in [0.4, 0.5) is 0 Å². The lowest BCUT2D eigenvalue weighted by Crippen LogP contribution is -2.79. The van der Waals surface area contributed by atoms with E-state index in [1.165, 1.54) is 4.58 Å². The van der Waals surface area contributed by atoms with Crippen molar-refractivity contribution in [3.8, 4) is 0 Å². The number of nitrogens with two attached hydrogens (primary N) is 2. The van der Waals surface area contributed by atoms with E-state index >= 15 is 0 Å². The van der Waals surface area contributed by atoms with Crippen molar-refractivity contribution < 1.29 is 29.2 Å². The first kappa shape index (κ1) is 25.6. The molecule has 13 nitrogen and oxygen atoms in total. The van der Waals surface area contributed by atoms with Gasteiger partial charge in [-0.25, -0.2) is 9.57 Å². The molecule has 0 bridgehead atoms. The number of aryl methyl sites for hydroxylation is 1. The third-order valence-electron chi connectivity index (χ3n) is 9.03. The van der Waals surface area contributed by atoms with Gasteiger partial charge < -0.3 is 26.6 Å². The predicted octanol–water partition coefficient (Wildman–Crippen LogP) is -2.48. The summed E-state index contributed by atoms with van der Waals surface area (Å²) in [5, 5.41) is 32.3. The minimum absolute atomic E-state index is 0.0519. The molecular formula is C26H35N8O5+. The molecule has 0 radical (unpaired) electrons. The summed E-state index contributed by atoms with van der Waals surface area (Å²) in [7, 11) is 0. The van der Waals surface area contributed by atoms with Crippen molar-refractivity contribution in [1.82, 2.24) is 20.9 Å². The Bertz CT molecular complexity index is 1340. The molecule has 0 aromatic heterocycles. The van der Waals surface area contributed by atoms with Gasteiger partial charge in [-0.1, -0.05) is 26.0 Å². The van der Waals surface area contributed by atoms with Crippen LogP contribution in [0.2, 0.25) is 0 Å². The van der Waals surface area contributed by atoms with Gasteiger partial charge >= 0.3 is 5.96 Å². The van der Waals surface area contributed by atoms with Crippen LogP contribution in [0.15, 0.2) is 23.2 Å². The molecule has 3 amide bonds. The van der Waals surface area contributed by atoms with Gasteiger partial charge in [0.1, 0.15) is 18.1 Å². The normalized spacial score (nSPS) is 32.2. The fourth-order valence-electron chi connectivity index (χ4n) is 7.21. The fourth-order valence-corrected chi connectivity index (χ4v) is 7.21. The number of nitrogens with zero attached hydrogens (tertiary/aromatic N) is 3. The highest BCUT2D eigenvalue weighted by Crippen LogP contribution is 2.43. The van der Waals surface area contributed by atoms with E-state index in [0.29, 0.717) is 5.56 Å². The lowest BCUT2D eigenvalue weighted by molar-refractivity contribution is -0.623. The zero-order chi connectivity index (χ0) is 27.9. The number of imide groups is 1. The monoisotopic (exact) mass is 539 g/mol. The SMILES string of the molecule is CC1(C)CCCc2cccc(C(=O)NC3C[N+]4=C(N)N[C@@H](CN5C(=O)CCC5=O)[C@@H]5N=C(N)N[C@@]54C3(O)O)c21. The number of benzene rings is 1. The zero-order valence-electron chi connectivity index (χ0n) is 22.0. The van der Waals surface area contributed by atoms with Crippen LogP contribution in [-0.4, -0.2) is 92.0 Å². The smallest absolute Gasteiger partial charge is 0.346 e. The maximum absolute atomic E-state index is 13.7. The first-order chi connectivity index (χ1) is 18.4. The zero-order valence-corrected chi connectivity index (χ0v) is 22.0. The highest BCUT2D eigenvalue weighted by Gasteiger charge is 2.75. The molecule has 5 aliphatic rings. The van der Waals surface area contributed by atoms with Gasteiger partial charge in [0.25, 0.3) is 5.91 Å². The average Bonchev–Trinajstić information content (AvgIpc) is 3.46. The molecule has 13 heteroatoms. The van der Waals surface area contributed by atoms with E-state index in [1.807, 2.05) is 12.1 Å². The van der Waals surface area contributed by atoms with Gasteiger partial charge in [-0.2, -0.15) is 0 Å². The van der Waals surface area contributed by atoms with Crippen LogP contribution in [-0.2, 0) is 21.4 Å². The lowest BCUT2D eigenvalue weighted by Gasteiger charge is -2.44. The van der Waals surface area contributed by atoms with Gasteiger partial charge in [-0.15, -0.1) is 0 Å². The van der Waals surface area contributed by atoms with Gasteiger partial charge in [0.15, 0.2) is 5.96 Å². The number of hydrogen-bond acceptors (Lipinski definition) is 10. The number of amides is 3. The minimum atomic E-state index is -2.59. The number of hydrogen-bond donors (Lipinski definition) is 7. The van der Waals surface area contributed by atoms with Crippen molar-refractivity contribution in [3.05, 3.63) is 34.9 Å². The molecule has 1 aromatic rings. The Hall–Kier alpha value is -3.71. The Morgan fingerprint density at radius 2 is 1.92 bits per heavy atom. The van der Waals surface area contributed by atoms with Crippen LogP contribution < -0.4 is 27.4 Å². The van der Waals surface area contributed by atoms with E-state index in [9.17, 15) is 24.6 Å². The van der Waals surface area contributed by atoms with Crippen molar-refractivity contribution in [1.29, 1.82) is 0 Å². The molecule has 39 heavy (non-hydrogen) atoms. The number of carbonyl (C=O) groups is 3. The molecule has 1 aromatic carbocycles. The first-order valence-electron chi connectivity index (χ1n) is 13.4. The summed E-state index contributed by atoms with van der Waals surface area (Å²) in [5.74, 6) is -3.62. The van der Waals surface area contributed by atoms with Crippen molar-refractivity contribution in [3.63, 3.8) is 0 Å². The molecule has 9 N–H and O–H groups in total. The van der Waals surface area contributed by atoms with Crippen LogP contribution in [0, 0.1) is 0 Å². The van der Waals surface area contributed by atoms with Crippen LogP contribution in [0.3, 0.4) is 0 Å². The number of guanidine groups is 2. The standard InChI is InChI=1S/C26H34N8O5/c1-24(2)10-4-6-13-5-3-7-14(19(13)24)21(37)30-16-12-34-23(28)29-15(11-33-17(35)8-9-18(33)36)20-25(34,26(16,38)39)32-22(27)31-20/h3,5,7,15-16,20,38-39H,4,6,8-12H2,1-2H3,(H6,27,28,29,30,31,32,37)/p+1/t15-,16?,20-,25-/m0/s1. The minimum Gasteiger partial charge on any atom is -0.370 e. The lowest BCUT2D eigenvalue weighted by atomic mass is 9.70. The van der Waals surface area contributed by atoms with Gasteiger partial charge in [0, 0.05) is 18.4 Å². The van der Waals surface area contributed by atoms with E-state index in [4.69, 9.17) is 11.5 Å². The number of fused-ring (bicyclic) bond motifs is 1. The molecule has 2 fully saturated rings. The molecule has 6 rings (SSSR count). The Morgan fingerprint density at radius 3 is 2.64 bits per heavy atom. The molecule has 4 atom stereocenters. The summed E-state index contributed by atoms with van der Waals surface area (Å²) >= 11 is 0. The number of rotatable bonds is 4. The molecule has 4 aliphatic heterocycles. The summed E-state index contributed by atoms with van der Waals surface area (Å²) in [6.45, 7) is 4.10. The summed E-state index contributed by atoms with van der Waals surface area (Å²) in [6.07, 6.45) is 3.10. The number of likely N-dealkylation sites (tertiary alicyclic amines) is 1. The average molecular weight is 540 g/mol. The highest BCUT2D eigenvalue weighted by molar-refractivity contribution is 6.02. The molecular weight excluding hydrogens is 504 g/mol. The van der Waals surface area contributed by atoms with Gasteiger partial charge in [-0.3, -0.25) is 30.3 Å². The first-order valence-corrected chi connectivity index (χ1v) is 13.4. The van der Waals surface area contributed by atoms with Gasteiger partial charge in [0.05, 0.1) is 13.1 Å². The van der Waals surface area contributed by atoms with Crippen molar-refractivity contribution in [2.45, 2.75) is 80.9 Å². The van der Waals surface area contributed by atoms with Crippen LogP contribution >= 0.6 is 0 Å². The third-order valence-corrected chi connectivity index (χ3v) is 9.03. The molecule has 0 saturated carbocycles. The number of aliphatic hydroxyl groups is 2. The molecule has 1 spiro atoms. The molecule has 4 heterocycles. The Balaban J connectivity index is 1.33. The summed E-state index contributed by atoms with van der Waals surface area (Å²) in [4.78, 5) is 43.9. The fraction of sp³-hybridized carbons (Fsp3) is 0.577. The van der Waals surface area contributed by atoms with Crippen molar-refractivity contribution >= 4 is 29.6 Å². The van der Waals surface area contributed by atoms with Crippen molar-refractivity contribution in [2.24, 2.45) is 16.5 Å². The third kappa shape index (κ3) is 3.55. The van der Waals surface area contributed by atoms with E-state index in [-0.39, 0.29) is 55.1 Å². The quantitative estimate of drug-likeness (QED) is 0.123. The highest BCUT2D eigenvalue weighted by atomic mass is 16.5. The topological polar surface area (TPSA) is 198 Å². The maximum Gasteiger partial charge on any atom is 0.346 e. The molecule has 1 unspecified atom stereocenters. The Labute approximate surface area is 225 Å². The number of carbonyl (C=O) groups excluding carboxylic acids is 3. The summed E-state index contributed by atoms with van der Waals surface area (Å²) in [6, 6.07) is 2.76. The predicted molar refractivity (Wildman–Crippen MR) is 139 cm³/mol. The second-order valence-electron chi connectivity index (χ2n) is 11.8. The Kier molecular flexibility index (Phi) is 5.50. The van der Waals surface area contributed by atoms with Crippen LogP contribution in [0.25, 0.3) is 0 Å². The van der Waals surface area contributed by atoms with E-state index < -0.39 is 35.5 Å². The van der Waals surface area contributed by atoms with Gasteiger partial charge in [-0.05, 0) is 41.9 Å². The molecule has 1 aliphatic carbocycles. The number of nitrogens with one attached hydrogen (secondary N) is 3. The van der Waals surface area contributed by atoms with E-state index in [0.717, 1.165) is 35.3 Å². The molecule has 2 saturated heterocycles. The summed E-state index contributed by atoms with van der Waals surface area (Å²) in [5.41, 5.74) is 13.1. The van der Waals surface area contributed by atoms with E-state index in [1.54, 1.807) is 6.07 Å². The second kappa shape index (κ2) is 8.39. The largest absolute Gasteiger partial charge is 0.370 e. The Morgan fingerprint density at radius 1 is 1.21 bits per heavy atom. The van der Waals surface area contributed by atoms with Crippen LogP contribution in [0.1, 0.15) is 61.0 Å². The maximum atomic E-state index is 13.7.